The van der Waals surface area contributed by atoms with Crippen LogP contribution < -0.4 is 5.56 Å². The number of fused-ring (bicyclic) bond motifs is 1. The molecule has 0 aliphatic heterocycles. The van der Waals surface area contributed by atoms with Crippen LogP contribution in [0.2, 0.25) is 5.15 Å². The Labute approximate surface area is 106 Å². The van der Waals surface area contributed by atoms with Gasteiger partial charge in [-0.15, -0.1) is 10.2 Å². The van der Waals surface area contributed by atoms with Crippen LogP contribution >= 0.6 is 11.6 Å². The lowest BCUT2D eigenvalue weighted by Gasteiger charge is -2.03. The second kappa shape index (κ2) is 3.92. The molecule has 0 atom stereocenters. The molecule has 0 saturated heterocycles. The van der Waals surface area contributed by atoms with Gasteiger partial charge in [-0.1, -0.05) is 11.6 Å². The van der Waals surface area contributed by atoms with Crippen molar-refractivity contribution in [2.45, 2.75) is 6.92 Å². The summed E-state index contributed by atoms with van der Waals surface area (Å²) in [6.07, 6.45) is 1.59. The predicted molar refractivity (Wildman–Crippen MR) is 66.6 cm³/mol. The van der Waals surface area contributed by atoms with E-state index in [4.69, 9.17) is 11.6 Å². The number of aromatic amines is 1. The molecule has 18 heavy (non-hydrogen) atoms. The number of hydrogen-bond acceptors (Lipinski definition) is 4. The van der Waals surface area contributed by atoms with Crippen molar-refractivity contribution in [3.05, 3.63) is 45.7 Å². The molecule has 1 N–H and O–H groups in total. The second-order valence-electron chi connectivity index (χ2n) is 3.78. The van der Waals surface area contributed by atoms with E-state index in [9.17, 15) is 4.79 Å². The predicted octanol–water partition coefficient (Wildman–Crippen LogP) is 1.44. The molecule has 7 heteroatoms. The van der Waals surface area contributed by atoms with Crippen molar-refractivity contribution < 1.29 is 0 Å². The molecular weight excluding hydrogens is 254 g/mol. The lowest BCUT2D eigenvalue weighted by molar-refractivity contribution is 0.986. The van der Waals surface area contributed by atoms with Crippen LogP contribution in [0.5, 0.6) is 0 Å². The molecule has 3 aromatic rings. The van der Waals surface area contributed by atoms with E-state index in [2.05, 4.69) is 20.2 Å². The van der Waals surface area contributed by atoms with Gasteiger partial charge in [-0.25, -0.2) is 4.98 Å². The van der Waals surface area contributed by atoms with Gasteiger partial charge in [0.05, 0.1) is 0 Å². The highest BCUT2D eigenvalue weighted by Gasteiger charge is 2.11. The molecule has 0 bridgehead atoms. The Bertz CT molecular complexity index is 771. The summed E-state index contributed by atoms with van der Waals surface area (Å²) in [4.78, 5) is 17.8. The molecule has 0 unspecified atom stereocenters. The maximum atomic E-state index is 11.0. The van der Waals surface area contributed by atoms with Gasteiger partial charge in [0, 0.05) is 23.9 Å². The fourth-order valence-electron chi connectivity index (χ4n) is 1.79. The number of nitrogens with one attached hydrogen (secondary N) is 1. The largest absolute Gasteiger partial charge is 0.328 e. The zero-order chi connectivity index (χ0) is 12.7. The Kier molecular flexibility index (Phi) is 2.38. The van der Waals surface area contributed by atoms with Gasteiger partial charge in [0.2, 0.25) is 5.56 Å². The topological polar surface area (TPSA) is 75.9 Å². The van der Waals surface area contributed by atoms with Crippen molar-refractivity contribution in [1.29, 1.82) is 0 Å². The highest BCUT2D eigenvalue weighted by molar-refractivity contribution is 6.29. The summed E-state index contributed by atoms with van der Waals surface area (Å²) in [5.41, 5.74) is 1.22. The third-order valence-corrected chi connectivity index (χ3v) is 2.76. The maximum absolute atomic E-state index is 11.0. The monoisotopic (exact) mass is 261 g/mol. The number of hydrogen-bond donors (Lipinski definition) is 1. The van der Waals surface area contributed by atoms with Crippen LogP contribution in [0.25, 0.3) is 17.0 Å². The second-order valence-corrected chi connectivity index (χ2v) is 4.17. The van der Waals surface area contributed by atoms with E-state index in [1.807, 2.05) is 6.92 Å². The summed E-state index contributed by atoms with van der Waals surface area (Å²) >= 11 is 5.86. The number of aromatic nitrogens is 5. The molecule has 3 aromatic heterocycles. The number of aryl methyl sites for hydroxylation is 1. The summed E-state index contributed by atoms with van der Waals surface area (Å²) in [6.45, 7) is 1.82. The third kappa shape index (κ3) is 1.67. The van der Waals surface area contributed by atoms with Crippen molar-refractivity contribution in [2.75, 3.05) is 0 Å². The van der Waals surface area contributed by atoms with Crippen LogP contribution in [0, 0.1) is 6.92 Å². The molecule has 3 rings (SSSR count). The van der Waals surface area contributed by atoms with E-state index >= 15 is 0 Å². The quantitative estimate of drug-likeness (QED) is 0.673. The van der Waals surface area contributed by atoms with Crippen molar-refractivity contribution >= 4 is 17.2 Å². The van der Waals surface area contributed by atoms with E-state index < -0.39 is 0 Å². The standard InChI is InChI=1S/C11H8ClN5O/c1-6-14-8(12)4-9-15-16-11(17(6)9)7-2-3-10(18)13-5-7/h2-5H,1H3,(H,13,18). The Morgan fingerprint density at radius 1 is 1.33 bits per heavy atom. The average molecular weight is 262 g/mol. The smallest absolute Gasteiger partial charge is 0.247 e. The average Bonchev–Trinajstić information content (AvgIpc) is 2.74. The van der Waals surface area contributed by atoms with Crippen molar-refractivity contribution in [1.82, 2.24) is 24.6 Å². The van der Waals surface area contributed by atoms with Crippen LogP contribution in [0.4, 0.5) is 0 Å². The molecule has 0 fully saturated rings. The van der Waals surface area contributed by atoms with Crippen LogP contribution in [-0.2, 0) is 0 Å². The molecule has 0 aromatic carbocycles. The fraction of sp³-hybridized carbons (Fsp3) is 0.0909. The van der Waals surface area contributed by atoms with Crippen LogP contribution in [0.1, 0.15) is 5.82 Å². The first-order valence-corrected chi connectivity index (χ1v) is 5.60. The molecule has 0 spiro atoms. The fourth-order valence-corrected chi connectivity index (χ4v) is 2.01. The zero-order valence-corrected chi connectivity index (χ0v) is 10.1. The highest BCUT2D eigenvalue weighted by Crippen LogP contribution is 2.19. The maximum Gasteiger partial charge on any atom is 0.247 e. The van der Waals surface area contributed by atoms with Crippen molar-refractivity contribution in [3.63, 3.8) is 0 Å². The van der Waals surface area contributed by atoms with Crippen LogP contribution in [-0.4, -0.2) is 24.6 Å². The zero-order valence-electron chi connectivity index (χ0n) is 9.38. The number of rotatable bonds is 1. The Balaban J connectivity index is 2.30. The molecule has 90 valence electrons. The van der Waals surface area contributed by atoms with E-state index in [0.29, 0.717) is 22.4 Å². The van der Waals surface area contributed by atoms with Crippen molar-refractivity contribution in [3.8, 4) is 11.4 Å². The van der Waals surface area contributed by atoms with E-state index in [-0.39, 0.29) is 5.56 Å². The first kappa shape index (κ1) is 10.9. The minimum atomic E-state index is -0.162. The lowest BCUT2D eigenvalue weighted by Crippen LogP contribution is -2.03. The molecule has 0 aliphatic carbocycles. The van der Waals surface area contributed by atoms with E-state index in [1.54, 1.807) is 22.7 Å². The number of halogens is 1. The van der Waals surface area contributed by atoms with Crippen molar-refractivity contribution in [2.24, 2.45) is 0 Å². The van der Waals surface area contributed by atoms with Gasteiger partial charge >= 0.3 is 0 Å². The first-order chi connectivity index (χ1) is 8.65. The summed E-state index contributed by atoms with van der Waals surface area (Å²) in [5.74, 6) is 1.30. The Morgan fingerprint density at radius 3 is 2.89 bits per heavy atom. The van der Waals surface area contributed by atoms with Gasteiger partial charge in [-0.3, -0.25) is 9.20 Å². The van der Waals surface area contributed by atoms with E-state index in [0.717, 1.165) is 5.56 Å². The van der Waals surface area contributed by atoms with Gasteiger partial charge in [0.15, 0.2) is 11.5 Å². The minimum absolute atomic E-state index is 0.162. The third-order valence-electron chi connectivity index (χ3n) is 2.57. The van der Waals surface area contributed by atoms with Gasteiger partial charge < -0.3 is 4.98 Å². The Hall–Kier alpha value is -2.21. The van der Waals surface area contributed by atoms with Gasteiger partial charge in [-0.05, 0) is 13.0 Å². The highest BCUT2D eigenvalue weighted by atomic mass is 35.5. The number of pyridine rings is 1. The van der Waals surface area contributed by atoms with Gasteiger partial charge in [0.25, 0.3) is 0 Å². The number of H-pyrrole nitrogens is 1. The molecule has 0 aliphatic rings. The van der Waals surface area contributed by atoms with Gasteiger partial charge in [0.1, 0.15) is 11.0 Å². The summed E-state index contributed by atoms with van der Waals surface area (Å²) < 4.78 is 1.78. The molecule has 6 nitrogen and oxygen atoms in total. The Morgan fingerprint density at radius 2 is 2.17 bits per heavy atom. The normalized spacial score (nSPS) is 11.0. The first-order valence-electron chi connectivity index (χ1n) is 5.22. The molecule has 3 heterocycles. The minimum Gasteiger partial charge on any atom is -0.328 e. The number of nitrogens with zero attached hydrogens (tertiary/aromatic N) is 4. The lowest BCUT2D eigenvalue weighted by atomic mass is 10.3. The molecule has 0 amide bonds. The van der Waals surface area contributed by atoms with E-state index in [1.165, 1.54) is 6.07 Å². The summed E-state index contributed by atoms with van der Waals surface area (Å²) in [7, 11) is 0. The van der Waals surface area contributed by atoms with Crippen LogP contribution in [0.3, 0.4) is 0 Å². The molecule has 0 radical (unpaired) electrons. The summed E-state index contributed by atoms with van der Waals surface area (Å²) in [6, 6.07) is 4.76. The SMILES string of the molecule is Cc1nc(Cl)cc2nnc(-c3ccc(=O)[nH]c3)n12. The molecule has 0 saturated carbocycles. The van der Waals surface area contributed by atoms with Crippen LogP contribution in [0.15, 0.2) is 29.2 Å². The summed E-state index contributed by atoms with van der Waals surface area (Å²) in [5, 5.41) is 8.50. The van der Waals surface area contributed by atoms with Gasteiger partial charge in [-0.2, -0.15) is 0 Å². The molecular formula is C11H8ClN5O.